The zero-order chi connectivity index (χ0) is 25.9. The highest BCUT2D eigenvalue weighted by Crippen LogP contribution is 2.63. The van der Waals surface area contributed by atoms with E-state index in [0.29, 0.717) is 17.8 Å². The fourth-order valence-electron chi connectivity index (χ4n) is 6.92. The molecule has 0 N–H and O–H groups in total. The summed E-state index contributed by atoms with van der Waals surface area (Å²) in [5, 5.41) is 0. The monoisotopic (exact) mass is 480 g/mol. The second kappa shape index (κ2) is 14.0. The molecule has 3 aliphatic carbocycles. The van der Waals surface area contributed by atoms with E-state index in [1.807, 2.05) is 6.08 Å². The van der Waals surface area contributed by atoms with Crippen LogP contribution in [0.4, 0.5) is 0 Å². The van der Waals surface area contributed by atoms with Crippen molar-refractivity contribution < 1.29 is 28.6 Å². The molecule has 6 heteroatoms. The van der Waals surface area contributed by atoms with E-state index in [2.05, 4.69) is 27.4 Å². The predicted molar refractivity (Wildman–Crippen MR) is 134 cm³/mol. The lowest BCUT2D eigenvalue weighted by Crippen LogP contribution is -2.55. The number of methoxy groups -OCH3 is 2. The van der Waals surface area contributed by atoms with Crippen molar-refractivity contribution in [3.63, 3.8) is 0 Å². The van der Waals surface area contributed by atoms with Crippen LogP contribution < -0.4 is 0 Å². The first-order valence-electron chi connectivity index (χ1n) is 12.9. The lowest BCUT2D eigenvalue weighted by Gasteiger charge is -2.60. The molecule has 0 amide bonds. The first-order valence-corrected chi connectivity index (χ1v) is 12.9. The van der Waals surface area contributed by atoms with Gasteiger partial charge in [-0.1, -0.05) is 19.9 Å². The lowest BCUT2D eigenvalue weighted by atomic mass is 9.45. The molecule has 7 unspecified atom stereocenters. The largest absolute Gasteiger partial charge is 0.469 e. The molecular weight excluding hydrogens is 432 g/mol. The highest BCUT2D eigenvalue weighted by Gasteiger charge is 2.58. The molecule has 0 spiro atoms. The molecule has 196 valence electrons. The molecule has 0 saturated heterocycles. The van der Waals surface area contributed by atoms with Crippen molar-refractivity contribution in [1.29, 1.82) is 0 Å². The minimum Gasteiger partial charge on any atom is -0.469 e. The van der Waals surface area contributed by atoms with Crippen LogP contribution in [0.2, 0.25) is 0 Å². The fourth-order valence-corrected chi connectivity index (χ4v) is 6.92. The fraction of sp³-hybridized carbons (Fsp3) is 0.821. The SMILES string of the molecule is C=CC1C2CCC3CC(OC(C)=O)CCC3(C)C2CCC1(C)C(=O)OC.CC=O.CCCOC. The Morgan fingerprint density at radius 2 is 1.74 bits per heavy atom. The van der Waals surface area contributed by atoms with E-state index in [4.69, 9.17) is 19.0 Å². The maximum Gasteiger partial charge on any atom is 0.312 e. The van der Waals surface area contributed by atoms with Gasteiger partial charge in [-0.2, -0.15) is 0 Å². The van der Waals surface area contributed by atoms with Crippen LogP contribution in [0.5, 0.6) is 0 Å². The van der Waals surface area contributed by atoms with Crippen LogP contribution in [0.25, 0.3) is 0 Å². The molecule has 0 heterocycles. The third-order valence-corrected chi connectivity index (χ3v) is 8.52. The molecule has 3 rings (SSSR count). The number of esters is 2. The second-order valence-electron chi connectivity index (χ2n) is 10.5. The van der Waals surface area contributed by atoms with Crippen LogP contribution >= 0.6 is 0 Å². The highest BCUT2D eigenvalue weighted by atomic mass is 16.5. The normalized spacial score (nSPS) is 36.0. The van der Waals surface area contributed by atoms with Crippen LogP contribution in [0.3, 0.4) is 0 Å². The molecule has 3 fully saturated rings. The number of hydrogen-bond donors (Lipinski definition) is 0. The average molecular weight is 481 g/mol. The summed E-state index contributed by atoms with van der Waals surface area (Å²) >= 11 is 0. The summed E-state index contributed by atoms with van der Waals surface area (Å²) in [7, 11) is 3.21. The minimum atomic E-state index is -0.449. The van der Waals surface area contributed by atoms with Gasteiger partial charge in [-0.15, -0.1) is 6.58 Å². The van der Waals surface area contributed by atoms with Gasteiger partial charge in [0.1, 0.15) is 12.4 Å². The number of aldehydes is 1. The molecule has 6 nitrogen and oxygen atoms in total. The van der Waals surface area contributed by atoms with Crippen molar-refractivity contribution in [2.24, 2.45) is 34.5 Å². The standard InChI is InChI=1S/C22H34O4.C4H10O.C2H4O/c1-6-18-17-8-7-15-13-16(26-14(2)23)9-11-21(15,3)19(17)10-12-22(18,4)20(24)25-5;1-3-4-5-2;1-2-3/h6,15-19H,1,7-13H2,2-5H3;3-4H2,1-2H3;2H,1H3. The Labute approximate surface area is 207 Å². The zero-order valence-corrected chi connectivity index (χ0v) is 22.6. The summed E-state index contributed by atoms with van der Waals surface area (Å²) in [6.07, 6.45) is 11.3. The van der Waals surface area contributed by atoms with E-state index >= 15 is 0 Å². The van der Waals surface area contributed by atoms with Crippen LogP contribution in [0.15, 0.2) is 12.7 Å². The summed E-state index contributed by atoms with van der Waals surface area (Å²) in [5.41, 5.74) is -0.173. The van der Waals surface area contributed by atoms with Crippen molar-refractivity contribution in [3.05, 3.63) is 12.7 Å². The average Bonchev–Trinajstić information content (AvgIpc) is 2.79. The summed E-state index contributed by atoms with van der Waals surface area (Å²) in [5.74, 6) is 1.64. The van der Waals surface area contributed by atoms with Gasteiger partial charge < -0.3 is 19.0 Å². The van der Waals surface area contributed by atoms with Gasteiger partial charge in [0.05, 0.1) is 12.5 Å². The van der Waals surface area contributed by atoms with Gasteiger partial charge in [-0.05, 0) is 94.3 Å². The summed E-state index contributed by atoms with van der Waals surface area (Å²) < 4.78 is 15.4. The molecule has 0 aromatic carbocycles. The van der Waals surface area contributed by atoms with Crippen LogP contribution in [0.1, 0.15) is 86.0 Å². The molecule has 3 aliphatic rings. The molecule has 3 saturated carbocycles. The molecule has 7 atom stereocenters. The predicted octanol–water partition coefficient (Wildman–Crippen LogP) is 5.77. The number of fused-ring (bicyclic) bond motifs is 3. The maximum atomic E-state index is 12.5. The number of hydrogen-bond acceptors (Lipinski definition) is 6. The molecule has 0 radical (unpaired) electrons. The van der Waals surface area contributed by atoms with Gasteiger partial charge in [0.15, 0.2) is 0 Å². The number of allylic oxidation sites excluding steroid dienone is 1. The first kappa shape index (κ1) is 30.3. The smallest absolute Gasteiger partial charge is 0.312 e. The van der Waals surface area contributed by atoms with Crippen LogP contribution in [0, 0.1) is 34.5 Å². The third-order valence-electron chi connectivity index (χ3n) is 8.52. The Kier molecular flexibility index (Phi) is 12.5. The summed E-state index contributed by atoms with van der Waals surface area (Å²) in [4.78, 5) is 32.7. The molecule has 0 aromatic rings. The first-order chi connectivity index (χ1) is 16.1. The Hall–Kier alpha value is -1.69. The van der Waals surface area contributed by atoms with Gasteiger partial charge in [0.25, 0.3) is 0 Å². The maximum absolute atomic E-state index is 12.5. The second-order valence-corrected chi connectivity index (χ2v) is 10.5. The quantitative estimate of drug-likeness (QED) is 0.282. The topological polar surface area (TPSA) is 78.9 Å². The molecule has 0 aromatic heterocycles. The molecule has 34 heavy (non-hydrogen) atoms. The summed E-state index contributed by atoms with van der Waals surface area (Å²) in [6, 6.07) is 0. The van der Waals surface area contributed by atoms with Crippen molar-refractivity contribution in [3.8, 4) is 0 Å². The van der Waals surface area contributed by atoms with E-state index in [9.17, 15) is 9.59 Å². The number of carbonyl (C=O) groups excluding carboxylic acids is 3. The van der Waals surface area contributed by atoms with Gasteiger partial charge in [-0.25, -0.2) is 0 Å². The van der Waals surface area contributed by atoms with Gasteiger partial charge >= 0.3 is 11.9 Å². The van der Waals surface area contributed by atoms with E-state index in [0.717, 1.165) is 64.3 Å². The Bertz CT molecular complexity index is 674. The van der Waals surface area contributed by atoms with E-state index in [-0.39, 0.29) is 29.4 Å². The van der Waals surface area contributed by atoms with Crippen molar-refractivity contribution >= 4 is 18.2 Å². The molecule has 0 bridgehead atoms. The van der Waals surface area contributed by atoms with Gasteiger partial charge in [-0.3, -0.25) is 9.59 Å². The van der Waals surface area contributed by atoms with E-state index < -0.39 is 5.41 Å². The summed E-state index contributed by atoms with van der Waals surface area (Å²) in [6.45, 7) is 14.5. The van der Waals surface area contributed by atoms with Gasteiger partial charge in [0.2, 0.25) is 0 Å². The molecular formula is C28H48O6. The Morgan fingerprint density at radius 1 is 1.09 bits per heavy atom. The highest BCUT2D eigenvalue weighted by molar-refractivity contribution is 5.77. The van der Waals surface area contributed by atoms with Crippen molar-refractivity contribution in [2.45, 2.75) is 92.1 Å². The van der Waals surface area contributed by atoms with Crippen molar-refractivity contribution in [2.75, 3.05) is 20.8 Å². The number of carbonyl (C=O) groups is 3. The Balaban J connectivity index is 0.000000629. The Morgan fingerprint density at radius 3 is 2.21 bits per heavy atom. The van der Waals surface area contributed by atoms with E-state index in [1.54, 1.807) is 7.11 Å². The number of rotatable bonds is 5. The molecule has 0 aliphatic heterocycles. The van der Waals surface area contributed by atoms with E-state index in [1.165, 1.54) is 21.0 Å². The minimum absolute atomic E-state index is 0.0845. The van der Waals surface area contributed by atoms with Crippen molar-refractivity contribution in [1.82, 2.24) is 0 Å². The lowest BCUT2D eigenvalue weighted by molar-refractivity contribution is -0.170. The number of ether oxygens (including phenoxy) is 3. The van der Waals surface area contributed by atoms with Crippen LogP contribution in [-0.2, 0) is 28.6 Å². The zero-order valence-electron chi connectivity index (χ0n) is 22.6. The van der Waals surface area contributed by atoms with Crippen LogP contribution in [-0.4, -0.2) is 45.2 Å². The van der Waals surface area contributed by atoms with Gasteiger partial charge in [0, 0.05) is 20.6 Å². The third kappa shape index (κ3) is 6.93.